The fraction of sp³-hybridized carbons (Fsp3) is 0.636. The summed E-state index contributed by atoms with van der Waals surface area (Å²) in [5.74, 6) is 0.640. The first-order valence-electron chi connectivity index (χ1n) is 4.97. The molecule has 0 spiro atoms. The zero-order chi connectivity index (χ0) is 9.68. The van der Waals surface area contributed by atoms with Gasteiger partial charge in [-0.1, -0.05) is 32.4 Å². The molecule has 74 valence electrons. The Balaban J connectivity index is 2.54. The molecule has 13 heavy (non-hydrogen) atoms. The minimum Gasteiger partial charge on any atom is -0.281 e. The van der Waals surface area contributed by atoms with Crippen LogP contribution in [0.1, 0.15) is 26.7 Å². The van der Waals surface area contributed by atoms with Crippen molar-refractivity contribution in [2.45, 2.75) is 33.0 Å². The van der Waals surface area contributed by atoms with Crippen LogP contribution in [0.2, 0.25) is 0 Å². The minimum absolute atomic E-state index is 0.627. The molecule has 2 atom stereocenters. The minimum atomic E-state index is -0.978. The summed E-state index contributed by atoms with van der Waals surface area (Å²) in [6, 6.07) is 0. The lowest BCUT2D eigenvalue weighted by atomic mass is 9.98. The average molecular weight is 183 g/mol. The van der Waals surface area contributed by atoms with Crippen LogP contribution in [0.5, 0.6) is 0 Å². The first kappa shape index (κ1) is 10.5. The van der Waals surface area contributed by atoms with Crippen molar-refractivity contribution in [2.75, 3.05) is 6.54 Å². The second-order valence-corrected chi connectivity index (χ2v) is 3.67. The highest BCUT2D eigenvalue weighted by molar-refractivity contribution is 5.22. The quantitative estimate of drug-likeness (QED) is 0.663. The number of nitrogens with one attached hydrogen (secondary N) is 1. The van der Waals surface area contributed by atoms with Crippen molar-refractivity contribution in [1.29, 1.82) is 0 Å². The Labute approximate surface area is 79.7 Å². The van der Waals surface area contributed by atoms with Crippen LogP contribution in [0.25, 0.3) is 0 Å². The van der Waals surface area contributed by atoms with Gasteiger partial charge in [-0.25, -0.2) is 4.39 Å². The summed E-state index contributed by atoms with van der Waals surface area (Å²) in [4.78, 5) is 0. The molecule has 2 unspecified atom stereocenters. The zero-order valence-corrected chi connectivity index (χ0v) is 8.39. The van der Waals surface area contributed by atoms with Crippen LogP contribution in [0.4, 0.5) is 4.39 Å². The Hall–Kier alpha value is -0.630. The maximum absolute atomic E-state index is 13.0. The van der Waals surface area contributed by atoms with Gasteiger partial charge in [0, 0.05) is 6.54 Å². The summed E-state index contributed by atoms with van der Waals surface area (Å²) < 4.78 is 13.0. The Morgan fingerprint density at radius 3 is 3.15 bits per heavy atom. The molecule has 0 radical (unpaired) electrons. The Morgan fingerprint density at radius 2 is 2.46 bits per heavy atom. The summed E-state index contributed by atoms with van der Waals surface area (Å²) in [5, 5.41) is 2.74. The van der Waals surface area contributed by atoms with Gasteiger partial charge in [0.2, 0.25) is 0 Å². The van der Waals surface area contributed by atoms with Gasteiger partial charge >= 0.3 is 0 Å². The van der Waals surface area contributed by atoms with Crippen molar-refractivity contribution in [1.82, 2.24) is 5.32 Å². The Bertz CT molecular complexity index is 208. The van der Waals surface area contributed by atoms with Crippen LogP contribution < -0.4 is 5.32 Å². The van der Waals surface area contributed by atoms with E-state index in [9.17, 15) is 4.39 Å². The van der Waals surface area contributed by atoms with E-state index in [0.717, 1.165) is 18.4 Å². The molecule has 0 aromatic rings. The molecule has 0 aliphatic carbocycles. The van der Waals surface area contributed by atoms with Crippen LogP contribution in [0.3, 0.4) is 0 Å². The molecule has 1 N–H and O–H groups in total. The third-order valence-electron chi connectivity index (χ3n) is 2.40. The van der Waals surface area contributed by atoms with E-state index in [4.69, 9.17) is 0 Å². The van der Waals surface area contributed by atoms with Gasteiger partial charge in [0.1, 0.15) is 0 Å². The number of halogens is 1. The number of rotatable bonds is 3. The fourth-order valence-electron chi connectivity index (χ4n) is 1.38. The van der Waals surface area contributed by atoms with E-state index in [0.29, 0.717) is 12.5 Å². The Kier molecular flexibility index (Phi) is 4.16. The van der Waals surface area contributed by atoms with Gasteiger partial charge in [-0.3, -0.25) is 5.32 Å². The summed E-state index contributed by atoms with van der Waals surface area (Å²) >= 11 is 0. The van der Waals surface area contributed by atoms with Gasteiger partial charge in [-0.15, -0.1) is 0 Å². The predicted molar refractivity (Wildman–Crippen MR) is 54.2 cm³/mol. The topological polar surface area (TPSA) is 12.0 Å². The highest BCUT2D eigenvalue weighted by Crippen LogP contribution is 2.17. The second kappa shape index (κ2) is 5.18. The van der Waals surface area contributed by atoms with E-state index in [-0.39, 0.29) is 0 Å². The molecule has 0 amide bonds. The van der Waals surface area contributed by atoms with Gasteiger partial charge in [0.05, 0.1) is 0 Å². The van der Waals surface area contributed by atoms with Crippen molar-refractivity contribution in [3.63, 3.8) is 0 Å². The number of alkyl halides is 1. The van der Waals surface area contributed by atoms with Crippen molar-refractivity contribution >= 4 is 0 Å². The SMILES string of the molecule is CCC(C)CC1=CC(F)NCC=C1. The summed E-state index contributed by atoms with van der Waals surface area (Å²) in [5.41, 5.74) is 1.12. The van der Waals surface area contributed by atoms with Crippen molar-refractivity contribution < 1.29 is 4.39 Å². The van der Waals surface area contributed by atoms with Gasteiger partial charge < -0.3 is 0 Å². The van der Waals surface area contributed by atoms with Gasteiger partial charge in [-0.2, -0.15) is 0 Å². The van der Waals surface area contributed by atoms with E-state index >= 15 is 0 Å². The molecule has 0 aromatic carbocycles. The molecule has 1 aliphatic rings. The van der Waals surface area contributed by atoms with E-state index in [1.165, 1.54) is 0 Å². The molecule has 0 saturated carbocycles. The van der Waals surface area contributed by atoms with Crippen LogP contribution in [-0.2, 0) is 0 Å². The molecule has 0 aromatic heterocycles. The van der Waals surface area contributed by atoms with Crippen LogP contribution in [0, 0.1) is 5.92 Å². The smallest absolute Gasteiger partial charge is 0.170 e. The first-order chi connectivity index (χ1) is 6.22. The largest absolute Gasteiger partial charge is 0.281 e. The van der Waals surface area contributed by atoms with Gasteiger partial charge in [0.25, 0.3) is 0 Å². The molecule has 2 heteroatoms. The van der Waals surface area contributed by atoms with Crippen LogP contribution in [0.15, 0.2) is 23.8 Å². The van der Waals surface area contributed by atoms with Crippen molar-refractivity contribution in [2.24, 2.45) is 5.92 Å². The van der Waals surface area contributed by atoms with Crippen molar-refractivity contribution in [3.05, 3.63) is 23.8 Å². The highest BCUT2D eigenvalue weighted by Gasteiger charge is 2.07. The molecular formula is C11H18FN. The fourth-order valence-corrected chi connectivity index (χ4v) is 1.38. The molecule has 0 saturated heterocycles. The third-order valence-corrected chi connectivity index (χ3v) is 2.40. The van der Waals surface area contributed by atoms with Gasteiger partial charge in [0.15, 0.2) is 6.30 Å². The van der Waals surface area contributed by atoms with E-state index in [1.54, 1.807) is 6.08 Å². The second-order valence-electron chi connectivity index (χ2n) is 3.67. The van der Waals surface area contributed by atoms with E-state index in [1.807, 2.05) is 12.2 Å². The lowest BCUT2D eigenvalue weighted by molar-refractivity contribution is 0.345. The third kappa shape index (κ3) is 3.73. The van der Waals surface area contributed by atoms with Gasteiger partial charge in [-0.05, 0) is 24.0 Å². The summed E-state index contributed by atoms with van der Waals surface area (Å²) in [6.45, 7) is 4.98. The lowest BCUT2D eigenvalue weighted by Crippen LogP contribution is -2.21. The molecule has 1 rings (SSSR count). The number of hydrogen-bond donors (Lipinski definition) is 1. The van der Waals surface area contributed by atoms with E-state index in [2.05, 4.69) is 19.2 Å². The standard InChI is InChI=1S/C11H18FN/c1-3-9(2)7-10-5-4-6-13-11(12)8-10/h4-5,8-9,11,13H,3,6-7H2,1-2H3. The highest BCUT2D eigenvalue weighted by atomic mass is 19.1. The normalized spacial score (nSPS) is 25.2. The molecule has 1 aliphatic heterocycles. The monoisotopic (exact) mass is 183 g/mol. The maximum atomic E-state index is 13.0. The maximum Gasteiger partial charge on any atom is 0.170 e. The average Bonchev–Trinajstić information content (AvgIpc) is 2.30. The van der Waals surface area contributed by atoms with E-state index < -0.39 is 6.30 Å². The number of allylic oxidation sites excluding steroid dienone is 2. The predicted octanol–water partition coefficient (Wildman–Crippen LogP) is 2.80. The molecule has 1 heterocycles. The summed E-state index contributed by atoms with van der Waals surface area (Å²) in [6.07, 6.45) is 6.83. The lowest BCUT2D eigenvalue weighted by Gasteiger charge is -2.09. The Morgan fingerprint density at radius 1 is 1.69 bits per heavy atom. The molecular weight excluding hydrogens is 165 g/mol. The van der Waals surface area contributed by atoms with Crippen LogP contribution >= 0.6 is 0 Å². The molecule has 1 nitrogen and oxygen atoms in total. The van der Waals surface area contributed by atoms with Crippen LogP contribution in [-0.4, -0.2) is 12.8 Å². The molecule has 0 bridgehead atoms. The number of hydrogen-bond acceptors (Lipinski definition) is 1. The van der Waals surface area contributed by atoms with Crippen molar-refractivity contribution in [3.8, 4) is 0 Å². The first-order valence-corrected chi connectivity index (χ1v) is 4.97. The molecule has 0 fully saturated rings. The summed E-state index contributed by atoms with van der Waals surface area (Å²) in [7, 11) is 0. The zero-order valence-electron chi connectivity index (χ0n) is 8.39.